The van der Waals surface area contributed by atoms with E-state index in [0.717, 1.165) is 18.0 Å². The van der Waals surface area contributed by atoms with Crippen molar-refractivity contribution in [3.8, 4) is 5.75 Å². The first-order chi connectivity index (χ1) is 9.46. The van der Waals surface area contributed by atoms with E-state index < -0.39 is 8.32 Å². The van der Waals surface area contributed by atoms with Crippen LogP contribution < -0.4 is 4.43 Å². The lowest BCUT2D eigenvalue weighted by molar-refractivity contribution is 0.391. The standard InChI is InChI=1S/C16H26N2OSi/c1-14-8-7-9-15(19-20(2,3)4)16(14)17-10-13-18-11-5-6-12-18/h7-10H,5-6,11-13H2,1-4H3. The minimum absolute atomic E-state index is 0.932. The van der Waals surface area contributed by atoms with Crippen molar-refractivity contribution in [2.24, 2.45) is 4.99 Å². The molecule has 0 bridgehead atoms. The van der Waals surface area contributed by atoms with Gasteiger partial charge in [0, 0.05) is 12.8 Å². The first kappa shape index (κ1) is 15.3. The molecule has 0 unspecified atom stereocenters. The molecule has 1 saturated heterocycles. The second-order valence-corrected chi connectivity index (χ2v) is 10.9. The molecule has 1 heterocycles. The fraction of sp³-hybridized carbons (Fsp3) is 0.562. The van der Waals surface area contributed by atoms with E-state index in [1.165, 1.54) is 31.5 Å². The third-order valence-corrected chi connectivity index (χ3v) is 4.21. The van der Waals surface area contributed by atoms with E-state index in [4.69, 9.17) is 4.43 Å². The maximum atomic E-state index is 6.15. The summed E-state index contributed by atoms with van der Waals surface area (Å²) in [5.41, 5.74) is 2.17. The number of hydrogen-bond donors (Lipinski definition) is 0. The molecule has 0 saturated carbocycles. The lowest BCUT2D eigenvalue weighted by atomic mass is 10.2. The van der Waals surface area contributed by atoms with Crippen molar-refractivity contribution < 1.29 is 4.43 Å². The van der Waals surface area contributed by atoms with Gasteiger partial charge in [0.25, 0.3) is 0 Å². The first-order valence-electron chi connectivity index (χ1n) is 7.49. The van der Waals surface area contributed by atoms with Crippen LogP contribution in [-0.4, -0.2) is 39.1 Å². The molecule has 2 rings (SSSR count). The number of hydrogen-bond acceptors (Lipinski definition) is 3. The third-order valence-electron chi connectivity index (χ3n) is 3.38. The quantitative estimate of drug-likeness (QED) is 0.604. The molecule has 0 aliphatic carbocycles. The van der Waals surface area contributed by atoms with Gasteiger partial charge in [-0.25, -0.2) is 0 Å². The summed E-state index contributed by atoms with van der Waals surface area (Å²) < 4.78 is 6.15. The molecule has 110 valence electrons. The van der Waals surface area contributed by atoms with Gasteiger partial charge in [0.05, 0.1) is 0 Å². The Morgan fingerprint density at radius 3 is 2.60 bits per heavy atom. The molecular formula is C16H26N2OSi. The Balaban J connectivity index is 2.10. The van der Waals surface area contributed by atoms with E-state index in [2.05, 4.69) is 42.5 Å². The number of aryl methyl sites for hydroxylation is 1. The van der Waals surface area contributed by atoms with Gasteiger partial charge in [0.2, 0.25) is 8.32 Å². The van der Waals surface area contributed by atoms with E-state index in [0.29, 0.717) is 0 Å². The van der Waals surface area contributed by atoms with E-state index in [1.807, 2.05) is 18.3 Å². The van der Waals surface area contributed by atoms with Crippen LogP contribution in [0.4, 0.5) is 5.69 Å². The zero-order valence-electron chi connectivity index (χ0n) is 13.1. The monoisotopic (exact) mass is 290 g/mol. The number of aliphatic imine (C=N–C) groups is 1. The Kier molecular flexibility index (Phi) is 4.99. The van der Waals surface area contributed by atoms with Crippen molar-refractivity contribution in [1.29, 1.82) is 0 Å². The van der Waals surface area contributed by atoms with Gasteiger partial charge in [-0.3, -0.25) is 9.89 Å². The number of nitrogens with zero attached hydrogens (tertiary/aromatic N) is 2. The maximum Gasteiger partial charge on any atom is 0.242 e. The van der Waals surface area contributed by atoms with Crippen molar-refractivity contribution in [2.75, 3.05) is 19.6 Å². The van der Waals surface area contributed by atoms with Crippen LogP contribution in [0.3, 0.4) is 0 Å². The average Bonchev–Trinajstić information content (AvgIpc) is 2.84. The molecule has 4 heteroatoms. The fourth-order valence-corrected chi connectivity index (χ4v) is 3.25. The Morgan fingerprint density at radius 1 is 1.25 bits per heavy atom. The summed E-state index contributed by atoms with van der Waals surface area (Å²) in [6, 6.07) is 6.18. The van der Waals surface area contributed by atoms with E-state index >= 15 is 0 Å². The summed E-state index contributed by atoms with van der Waals surface area (Å²) in [5, 5.41) is 0. The molecule has 1 aliphatic rings. The van der Waals surface area contributed by atoms with Gasteiger partial charge in [-0.1, -0.05) is 12.1 Å². The van der Waals surface area contributed by atoms with Crippen LogP contribution in [0.25, 0.3) is 0 Å². The Morgan fingerprint density at radius 2 is 1.95 bits per heavy atom. The molecule has 1 aliphatic heterocycles. The number of para-hydroxylation sites is 1. The third kappa shape index (κ3) is 4.46. The van der Waals surface area contributed by atoms with Gasteiger partial charge >= 0.3 is 0 Å². The van der Waals surface area contributed by atoms with Crippen LogP contribution in [0.15, 0.2) is 23.2 Å². The second-order valence-electron chi connectivity index (χ2n) is 6.46. The minimum Gasteiger partial charge on any atom is -0.543 e. The van der Waals surface area contributed by atoms with Crippen molar-refractivity contribution in [2.45, 2.75) is 39.4 Å². The number of benzene rings is 1. The predicted octanol–water partition coefficient (Wildman–Crippen LogP) is 4.01. The maximum absolute atomic E-state index is 6.15. The van der Waals surface area contributed by atoms with Crippen LogP contribution in [0, 0.1) is 6.92 Å². The van der Waals surface area contributed by atoms with Gasteiger partial charge in [-0.2, -0.15) is 0 Å². The summed E-state index contributed by atoms with van der Waals surface area (Å²) in [7, 11) is -1.60. The van der Waals surface area contributed by atoms with E-state index in [1.54, 1.807) is 0 Å². The zero-order chi connectivity index (χ0) is 14.6. The molecule has 1 aromatic rings. The van der Waals surface area contributed by atoms with Crippen molar-refractivity contribution >= 4 is 20.2 Å². The molecule has 0 N–H and O–H groups in total. The molecule has 0 aromatic heterocycles. The smallest absolute Gasteiger partial charge is 0.242 e. The van der Waals surface area contributed by atoms with E-state index in [9.17, 15) is 0 Å². The Labute approximate surface area is 123 Å². The summed E-state index contributed by atoms with van der Waals surface area (Å²) >= 11 is 0. The summed E-state index contributed by atoms with van der Waals surface area (Å²) in [6.07, 6.45) is 4.68. The fourth-order valence-electron chi connectivity index (χ4n) is 2.42. The molecule has 0 radical (unpaired) electrons. The van der Waals surface area contributed by atoms with Crippen LogP contribution >= 0.6 is 0 Å². The zero-order valence-corrected chi connectivity index (χ0v) is 14.1. The van der Waals surface area contributed by atoms with Crippen LogP contribution in [0.5, 0.6) is 5.75 Å². The molecule has 0 amide bonds. The highest BCUT2D eigenvalue weighted by Crippen LogP contribution is 2.32. The molecule has 1 aromatic carbocycles. The SMILES string of the molecule is Cc1cccc(O[Si](C)(C)C)c1N=CCN1CCCC1. The Hall–Kier alpha value is -1.13. The molecule has 20 heavy (non-hydrogen) atoms. The van der Waals surface area contributed by atoms with Crippen LogP contribution in [-0.2, 0) is 0 Å². The molecule has 0 spiro atoms. The molecule has 1 fully saturated rings. The average molecular weight is 290 g/mol. The number of likely N-dealkylation sites (tertiary alicyclic amines) is 1. The van der Waals surface area contributed by atoms with Crippen LogP contribution in [0.1, 0.15) is 18.4 Å². The topological polar surface area (TPSA) is 24.8 Å². The normalized spacial score (nSPS) is 17.0. The predicted molar refractivity (Wildman–Crippen MR) is 89.0 cm³/mol. The van der Waals surface area contributed by atoms with Gasteiger partial charge in [0.1, 0.15) is 11.4 Å². The van der Waals surface area contributed by atoms with Gasteiger partial charge in [-0.15, -0.1) is 0 Å². The van der Waals surface area contributed by atoms with Gasteiger partial charge in [-0.05, 0) is 64.1 Å². The summed E-state index contributed by atoms with van der Waals surface area (Å²) in [6.45, 7) is 12.1. The highest BCUT2D eigenvalue weighted by molar-refractivity contribution is 6.70. The Bertz CT molecular complexity index is 474. The van der Waals surface area contributed by atoms with Crippen molar-refractivity contribution in [3.63, 3.8) is 0 Å². The van der Waals surface area contributed by atoms with Crippen molar-refractivity contribution in [3.05, 3.63) is 23.8 Å². The molecule has 3 nitrogen and oxygen atoms in total. The van der Waals surface area contributed by atoms with Gasteiger partial charge in [0.15, 0.2) is 0 Å². The van der Waals surface area contributed by atoms with Crippen molar-refractivity contribution in [1.82, 2.24) is 4.90 Å². The van der Waals surface area contributed by atoms with Crippen LogP contribution in [0.2, 0.25) is 19.6 Å². The number of rotatable bonds is 5. The lowest BCUT2D eigenvalue weighted by Gasteiger charge is -2.21. The highest BCUT2D eigenvalue weighted by atomic mass is 28.4. The molecular weight excluding hydrogens is 264 g/mol. The van der Waals surface area contributed by atoms with E-state index in [-0.39, 0.29) is 0 Å². The summed E-state index contributed by atoms with van der Waals surface area (Å²) in [5.74, 6) is 0.932. The second kappa shape index (κ2) is 6.55. The van der Waals surface area contributed by atoms with Gasteiger partial charge < -0.3 is 4.43 Å². The largest absolute Gasteiger partial charge is 0.543 e. The lowest BCUT2D eigenvalue weighted by Crippen LogP contribution is -2.29. The molecule has 0 atom stereocenters. The minimum atomic E-state index is -1.60. The summed E-state index contributed by atoms with van der Waals surface area (Å²) in [4.78, 5) is 7.13. The first-order valence-corrected chi connectivity index (χ1v) is 10.9. The highest BCUT2D eigenvalue weighted by Gasteiger charge is 2.18.